The molecule has 2 rings (SSSR count). The Morgan fingerprint density at radius 1 is 1.40 bits per heavy atom. The van der Waals surface area contributed by atoms with Crippen LogP contribution in [0.3, 0.4) is 0 Å². The Bertz CT molecular complexity index is 324. The van der Waals surface area contributed by atoms with E-state index in [2.05, 4.69) is 4.98 Å². The lowest BCUT2D eigenvalue weighted by Gasteiger charge is -2.34. The minimum atomic E-state index is -0.765. The van der Waals surface area contributed by atoms with Gasteiger partial charge >= 0.3 is 0 Å². The van der Waals surface area contributed by atoms with Crippen LogP contribution < -0.4 is 0 Å². The fourth-order valence-electron chi connectivity index (χ4n) is 2.70. The fourth-order valence-corrected chi connectivity index (χ4v) is 2.70. The third kappa shape index (κ3) is 1.93. The van der Waals surface area contributed by atoms with Gasteiger partial charge in [0.2, 0.25) is 0 Å². The lowest BCUT2D eigenvalue weighted by Crippen LogP contribution is -2.35. The Kier molecular flexibility index (Phi) is 2.83. The van der Waals surface area contributed by atoms with E-state index in [1.165, 1.54) is 19.3 Å². The fraction of sp³-hybridized carbons (Fsp3) is 0.750. The average molecular weight is 208 g/mol. The molecule has 1 fully saturated rings. The lowest BCUT2D eigenvalue weighted by atomic mass is 9.77. The number of rotatable bonds is 2. The Balaban J connectivity index is 2.21. The molecular formula is C12H20N2O. The van der Waals surface area contributed by atoms with Crippen LogP contribution >= 0.6 is 0 Å². The van der Waals surface area contributed by atoms with E-state index in [1.807, 2.05) is 24.7 Å². The van der Waals surface area contributed by atoms with Gasteiger partial charge in [-0.15, -0.1) is 0 Å². The summed E-state index contributed by atoms with van der Waals surface area (Å²) in [7, 11) is 1.94. The van der Waals surface area contributed by atoms with E-state index >= 15 is 0 Å². The van der Waals surface area contributed by atoms with Crippen LogP contribution in [-0.2, 0) is 12.6 Å². The maximum absolute atomic E-state index is 10.6. The number of hydrogen-bond donors (Lipinski definition) is 1. The van der Waals surface area contributed by atoms with Crippen molar-refractivity contribution in [2.24, 2.45) is 13.0 Å². The smallest absolute Gasteiger partial charge is 0.140 e. The van der Waals surface area contributed by atoms with E-state index in [0.717, 1.165) is 18.7 Å². The summed E-state index contributed by atoms with van der Waals surface area (Å²) in [4.78, 5) is 4.28. The molecule has 1 aliphatic rings. The van der Waals surface area contributed by atoms with Crippen LogP contribution in [0.1, 0.15) is 44.9 Å². The highest BCUT2D eigenvalue weighted by molar-refractivity contribution is 5.05. The Hall–Kier alpha value is -0.830. The van der Waals surface area contributed by atoms with Crippen molar-refractivity contribution in [2.45, 2.75) is 44.6 Å². The Labute approximate surface area is 91.1 Å². The standard InChI is InChI=1S/C12H20N2O/c1-12(15,10-6-4-3-5-7-10)11-13-8-9-14(11)2/h8-10,15H,3-7H2,1-2H3. The molecule has 1 aromatic rings. The predicted octanol–water partition coefficient (Wildman–Crippen LogP) is 2.21. The third-order valence-corrected chi connectivity index (χ3v) is 3.67. The first-order chi connectivity index (χ1) is 7.12. The molecule has 0 saturated heterocycles. The highest BCUT2D eigenvalue weighted by Gasteiger charge is 2.37. The second-order valence-corrected chi connectivity index (χ2v) is 4.84. The minimum Gasteiger partial charge on any atom is -0.382 e. The van der Waals surface area contributed by atoms with Crippen molar-refractivity contribution in [3.8, 4) is 0 Å². The van der Waals surface area contributed by atoms with Gasteiger partial charge in [0.15, 0.2) is 0 Å². The second kappa shape index (κ2) is 3.97. The van der Waals surface area contributed by atoms with Crippen LogP contribution in [0, 0.1) is 5.92 Å². The van der Waals surface area contributed by atoms with Gasteiger partial charge < -0.3 is 9.67 Å². The van der Waals surface area contributed by atoms with E-state index in [4.69, 9.17) is 0 Å². The topological polar surface area (TPSA) is 38.0 Å². The van der Waals surface area contributed by atoms with Crippen molar-refractivity contribution < 1.29 is 5.11 Å². The molecule has 1 N–H and O–H groups in total. The van der Waals surface area contributed by atoms with Crippen molar-refractivity contribution in [1.29, 1.82) is 0 Å². The summed E-state index contributed by atoms with van der Waals surface area (Å²) < 4.78 is 1.93. The molecular weight excluding hydrogens is 188 g/mol. The largest absolute Gasteiger partial charge is 0.382 e. The van der Waals surface area contributed by atoms with Crippen molar-refractivity contribution in [3.05, 3.63) is 18.2 Å². The molecule has 84 valence electrons. The molecule has 0 spiro atoms. The summed E-state index contributed by atoms with van der Waals surface area (Å²) in [6.07, 6.45) is 9.70. The molecule has 0 aliphatic heterocycles. The molecule has 1 unspecified atom stereocenters. The van der Waals surface area contributed by atoms with E-state index < -0.39 is 5.60 Å². The number of hydrogen-bond acceptors (Lipinski definition) is 2. The molecule has 1 saturated carbocycles. The summed E-state index contributed by atoms with van der Waals surface area (Å²) in [6, 6.07) is 0. The van der Waals surface area contributed by atoms with Gasteiger partial charge in [0.25, 0.3) is 0 Å². The second-order valence-electron chi connectivity index (χ2n) is 4.84. The van der Waals surface area contributed by atoms with Crippen LogP contribution in [0.25, 0.3) is 0 Å². The first-order valence-electron chi connectivity index (χ1n) is 5.82. The number of nitrogens with zero attached hydrogens (tertiary/aromatic N) is 2. The van der Waals surface area contributed by atoms with Crippen molar-refractivity contribution >= 4 is 0 Å². The summed E-state index contributed by atoms with van der Waals surface area (Å²) in [5, 5.41) is 10.6. The zero-order valence-corrected chi connectivity index (χ0v) is 9.61. The number of aromatic nitrogens is 2. The average Bonchev–Trinajstić information content (AvgIpc) is 2.66. The molecule has 3 nitrogen and oxygen atoms in total. The van der Waals surface area contributed by atoms with Gasteiger partial charge in [-0.05, 0) is 25.7 Å². The summed E-state index contributed by atoms with van der Waals surface area (Å²) in [5.74, 6) is 1.17. The zero-order valence-electron chi connectivity index (χ0n) is 9.61. The highest BCUT2D eigenvalue weighted by atomic mass is 16.3. The molecule has 1 atom stereocenters. The molecule has 0 radical (unpaired) electrons. The van der Waals surface area contributed by atoms with Crippen LogP contribution in [0.2, 0.25) is 0 Å². The molecule has 1 aromatic heterocycles. The molecule has 0 aromatic carbocycles. The first kappa shape index (κ1) is 10.7. The number of aryl methyl sites for hydroxylation is 1. The molecule has 0 amide bonds. The summed E-state index contributed by atoms with van der Waals surface area (Å²) in [5.41, 5.74) is -0.765. The van der Waals surface area contributed by atoms with Gasteiger partial charge in [0.1, 0.15) is 11.4 Å². The van der Waals surface area contributed by atoms with Crippen LogP contribution in [0.5, 0.6) is 0 Å². The number of imidazole rings is 1. The van der Waals surface area contributed by atoms with Crippen LogP contribution in [0.15, 0.2) is 12.4 Å². The molecule has 3 heteroatoms. The molecule has 1 aliphatic carbocycles. The first-order valence-corrected chi connectivity index (χ1v) is 5.82. The van der Waals surface area contributed by atoms with E-state index in [9.17, 15) is 5.11 Å². The van der Waals surface area contributed by atoms with Crippen molar-refractivity contribution in [3.63, 3.8) is 0 Å². The van der Waals surface area contributed by atoms with Crippen LogP contribution in [0.4, 0.5) is 0 Å². The normalized spacial score (nSPS) is 22.6. The van der Waals surface area contributed by atoms with Crippen molar-refractivity contribution in [1.82, 2.24) is 9.55 Å². The Morgan fingerprint density at radius 2 is 2.07 bits per heavy atom. The van der Waals surface area contributed by atoms with Gasteiger partial charge in [-0.1, -0.05) is 19.3 Å². The quantitative estimate of drug-likeness (QED) is 0.809. The van der Waals surface area contributed by atoms with Gasteiger partial charge in [0.05, 0.1) is 0 Å². The Morgan fingerprint density at radius 3 is 2.60 bits per heavy atom. The van der Waals surface area contributed by atoms with Gasteiger partial charge in [-0.3, -0.25) is 0 Å². The minimum absolute atomic E-state index is 0.368. The van der Waals surface area contributed by atoms with E-state index in [-0.39, 0.29) is 0 Å². The lowest BCUT2D eigenvalue weighted by molar-refractivity contribution is -0.0312. The number of aliphatic hydroxyl groups is 1. The maximum Gasteiger partial charge on any atom is 0.140 e. The van der Waals surface area contributed by atoms with Gasteiger partial charge in [-0.25, -0.2) is 4.98 Å². The monoisotopic (exact) mass is 208 g/mol. The molecule has 1 heterocycles. The third-order valence-electron chi connectivity index (χ3n) is 3.67. The molecule has 0 bridgehead atoms. The van der Waals surface area contributed by atoms with E-state index in [1.54, 1.807) is 6.20 Å². The van der Waals surface area contributed by atoms with Gasteiger partial charge in [0, 0.05) is 19.4 Å². The van der Waals surface area contributed by atoms with E-state index in [0.29, 0.717) is 5.92 Å². The highest BCUT2D eigenvalue weighted by Crippen LogP contribution is 2.37. The van der Waals surface area contributed by atoms with Gasteiger partial charge in [-0.2, -0.15) is 0 Å². The summed E-state index contributed by atoms with van der Waals surface area (Å²) >= 11 is 0. The SMILES string of the molecule is Cn1ccnc1C(C)(O)C1CCCCC1. The predicted molar refractivity (Wildman–Crippen MR) is 59.4 cm³/mol. The maximum atomic E-state index is 10.6. The summed E-state index contributed by atoms with van der Waals surface area (Å²) in [6.45, 7) is 1.91. The van der Waals surface area contributed by atoms with Crippen molar-refractivity contribution in [2.75, 3.05) is 0 Å². The zero-order chi connectivity index (χ0) is 10.9. The van der Waals surface area contributed by atoms with Crippen LogP contribution in [-0.4, -0.2) is 14.7 Å². The molecule has 15 heavy (non-hydrogen) atoms.